The maximum atomic E-state index is 6.01. The number of H-pyrrole nitrogens is 2. The van der Waals surface area contributed by atoms with Gasteiger partial charge in [-0.05, 0) is 30.4 Å². The van der Waals surface area contributed by atoms with E-state index in [0.717, 1.165) is 11.3 Å². The SMILES string of the molecule is COc1ccc(-c2c[nH]c(=S)[nH]2)cc1Cl. The molecule has 1 aromatic carbocycles. The Hall–Kier alpha value is -1.26. The second-order valence-electron chi connectivity index (χ2n) is 3.01. The highest BCUT2D eigenvalue weighted by Gasteiger charge is 2.04. The Balaban J connectivity index is 2.46. The largest absolute Gasteiger partial charge is 0.495 e. The molecule has 5 heteroatoms. The molecule has 2 N–H and O–H groups in total. The van der Waals surface area contributed by atoms with Gasteiger partial charge >= 0.3 is 0 Å². The van der Waals surface area contributed by atoms with Gasteiger partial charge in [0.15, 0.2) is 4.77 Å². The van der Waals surface area contributed by atoms with Crippen molar-refractivity contribution in [2.75, 3.05) is 7.11 Å². The summed E-state index contributed by atoms with van der Waals surface area (Å²) in [6, 6.07) is 5.57. The van der Waals surface area contributed by atoms with Crippen LogP contribution in [-0.2, 0) is 0 Å². The minimum Gasteiger partial charge on any atom is -0.495 e. The van der Waals surface area contributed by atoms with Crippen LogP contribution in [0.4, 0.5) is 0 Å². The number of ether oxygens (including phenoxy) is 1. The Kier molecular flexibility index (Phi) is 2.79. The summed E-state index contributed by atoms with van der Waals surface area (Å²) < 4.78 is 5.66. The van der Waals surface area contributed by atoms with Crippen LogP contribution in [0.15, 0.2) is 24.4 Å². The normalized spacial score (nSPS) is 10.3. The molecule has 2 aromatic rings. The summed E-state index contributed by atoms with van der Waals surface area (Å²) >= 11 is 11.0. The maximum absolute atomic E-state index is 6.01. The van der Waals surface area contributed by atoms with E-state index in [9.17, 15) is 0 Å². The van der Waals surface area contributed by atoms with E-state index in [4.69, 9.17) is 28.6 Å². The molecule has 0 radical (unpaired) electrons. The second-order valence-corrected chi connectivity index (χ2v) is 3.82. The quantitative estimate of drug-likeness (QED) is 0.790. The molecular weight excluding hydrogens is 232 g/mol. The molecule has 0 fully saturated rings. The fraction of sp³-hybridized carbons (Fsp3) is 0.100. The van der Waals surface area contributed by atoms with E-state index >= 15 is 0 Å². The predicted molar refractivity (Wildman–Crippen MR) is 63.0 cm³/mol. The van der Waals surface area contributed by atoms with Crippen LogP contribution >= 0.6 is 23.8 Å². The smallest absolute Gasteiger partial charge is 0.174 e. The number of hydrogen-bond acceptors (Lipinski definition) is 2. The van der Waals surface area contributed by atoms with Crippen LogP contribution in [0, 0.1) is 4.77 Å². The summed E-state index contributed by atoms with van der Waals surface area (Å²) in [5.41, 5.74) is 1.87. The van der Waals surface area contributed by atoms with E-state index in [1.807, 2.05) is 18.2 Å². The molecule has 3 nitrogen and oxygen atoms in total. The Bertz CT molecular complexity index is 532. The standard InChI is InChI=1S/C10H9ClN2OS/c1-14-9-3-2-6(4-7(9)11)8-5-12-10(15)13-8/h2-5H,1H3,(H2,12,13,15). The monoisotopic (exact) mass is 240 g/mol. The van der Waals surface area contributed by atoms with Crippen LogP contribution in [0.5, 0.6) is 5.75 Å². The number of imidazole rings is 1. The van der Waals surface area contributed by atoms with E-state index in [-0.39, 0.29) is 0 Å². The molecular formula is C10H9ClN2OS. The maximum Gasteiger partial charge on any atom is 0.174 e. The first-order valence-electron chi connectivity index (χ1n) is 4.32. The summed E-state index contributed by atoms with van der Waals surface area (Å²) in [4.78, 5) is 5.92. The first-order valence-corrected chi connectivity index (χ1v) is 5.11. The van der Waals surface area contributed by atoms with Gasteiger partial charge in [-0.2, -0.15) is 0 Å². The number of aromatic amines is 2. The molecule has 1 aromatic heterocycles. The highest BCUT2D eigenvalue weighted by Crippen LogP contribution is 2.28. The average Bonchev–Trinajstić information content (AvgIpc) is 2.65. The number of rotatable bonds is 2. The Morgan fingerprint density at radius 2 is 2.20 bits per heavy atom. The molecule has 0 atom stereocenters. The number of hydrogen-bond donors (Lipinski definition) is 2. The molecule has 0 aliphatic heterocycles. The molecule has 15 heavy (non-hydrogen) atoms. The van der Waals surface area contributed by atoms with Crippen molar-refractivity contribution in [3.63, 3.8) is 0 Å². The van der Waals surface area contributed by atoms with Crippen molar-refractivity contribution < 1.29 is 4.74 Å². The molecule has 0 aliphatic rings. The van der Waals surface area contributed by atoms with Crippen molar-refractivity contribution in [2.45, 2.75) is 0 Å². The van der Waals surface area contributed by atoms with Crippen LogP contribution in [0.1, 0.15) is 0 Å². The fourth-order valence-electron chi connectivity index (χ4n) is 1.32. The van der Waals surface area contributed by atoms with Gasteiger partial charge in [0.25, 0.3) is 0 Å². The summed E-state index contributed by atoms with van der Waals surface area (Å²) in [7, 11) is 1.59. The summed E-state index contributed by atoms with van der Waals surface area (Å²) in [6.45, 7) is 0. The van der Waals surface area contributed by atoms with E-state index in [2.05, 4.69) is 9.97 Å². The van der Waals surface area contributed by atoms with Gasteiger partial charge in [-0.25, -0.2) is 0 Å². The van der Waals surface area contributed by atoms with Crippen LogP contribution in [-0.4, -0.2) is 17.1 Å². The minimum atomic E-state index is 0.579. The third-order valence-electron chi connectivity index (χ3n) is 2.06. The van der Waals surface area contributed by atoms with E-state index in [0.29, 0.717) is 15.5 Å². The number of aromatic nitrogens is 2. The first kappa shape index (κ1) is 10.3. The molecule has 0 saturated heterocycles. The average molecular weight is 241 g/mol. The van der Waals surface area contributed by atoms with Crippen LogP contribution < -0.4 is 4.74 Å². The van der Waals surface area contributed by atoms with Gasteiger partial charge in [0, 0.05) is 11.8 Å². The van der Waals surface area contributed by atoms with E-state index in [1.54, 1.807) is 13.3 Å². The van der Waals surface area contributed by atoms with Gasteiger partial charge < -0.3 is 14.7 Å². The van der Waals surface area contributed by atoms with Crippen LogP contribution in [0.25, 0.3) is 11.3 Å². The summed E-state index contributed by atoms with van der Waals surface area (Å²) in [5.74, 6) is 0.662. The van der Waals surface area contributed by atoms with E-state index < -0.39 is 0 Å². The van der Waals surface area contributed by atoms with Crippen molar-refractivity contribution in [3.05, 3.63) is 34.2 Å². The van der Waals surface area contributed by atoms with Gasteiger partial charge in [-0.1, -0.05) is 11.6 Å². The highest BCUT2D eigenvalue weighted by atomic mass is 35.5. The molecule has 0 bridgehead atoms. The molecule has 0 amide bonds. The van der Waals surface area contributed by atoms with Crippen molar-refractivity contribution in [1.82, 2.24) is 9.97 Å². The Labute approximate surface area is 97.1 Å². The zero-order valence-corrected chi connectivity index (χ0v) is 9.58. The molecule has 78 valence electrons. The Morgan fingerprint density at radius 1 is 1.40 bits per heavy atom. The third kappa shape index (κ3) is 2.06. The molecule has 2 rings (SSSR count). The van der Waals surface area contributed by atoms with Gasteiger partial charge in [0.05, 0.1) is 17.8 Å². The van der Waals surface area contributed by atoms with Gasteiger partial charge in [0.2, 0.25) is 0 Å². The molecule has 0 aliphatic carbocycles. The molecule has 0 saturated carbocycles. The zero-order chi connectivity index (χ0) is 10.8. The number of benzene rings is 1. The highest BCUT2D eigenvalue weighted by molar-refractivity contribution is 7.71. The first-order chi connectivity index (χ1) is 7.20. The molecule has 0 spiro atoms. The fourth-order valence-corrected chi connectivity index (χ4v) is 1.75. The van der Waals surface area contributed by atoms with Gasteiger partial charge in [0.1, 0.15) is 5.75 Å². The van der Waals surface area contributed by atoms with Crippen molar-refractivity contribution in [3.8, 4) is 17.0 Å². The molecule has 0 unspecified atom stereocenters. The zero-order valence-electron chi connectivity index (χ0n) is 8.00. The predicted octanol–water partition coefficient (Wildman–Crippen LogP) is 3.40. The van der Waals surface area contributed by atoms with Crippen LogP contribution in [0.2, 0.25) is 5.02 Å². The number of methoxy groups -OCH3 is 1. The molecule has 1 heterocycles. The summed E-state index contributed by atoms with van der Waals surface area (Å²) in [6.07, 6.45) is 1.81. The van der Waals surface area contributed by atoms with Gasteiger partial charge in [-0.3, -0.25) is 0 Å². The Morgan fingerprint density at radius 3 is 2.73 bits per heavy atom. The number of halogens is 1. The van der Waals surface area contributed by atoms with Crippen molar-refractivity contribution in [2.24, 2.45) is 0 Å². The van der Waals surface area contributed by atoms with Crippen molar-refractivity contribution >= 4 is 23.8 Å². The summed E-state index contributed by atoms with van der Waals surface area (Å²) in [5, 5.41) is 0.579. The topological polar surface area (TPSA) is 40.8 Å². The lowest BCUT2D eigenvalue weighted by Gasteiger charge is -2.04. The van der Waals surface area contributed by atoms with Gasteiger partial charge in [-0.15, -0.1) is 0 Å². The second kappa shape index (κ2) is 4.08. The van der Waals surface area contributed by atoms with Crippen LogP contribution in [0.3, 0.4) is 0 Å². The number of nitrogens with one attached hydrogen (secondary N) is 2. The minimum absolute atomic E-state index is 0.579. The third-order valence-corrected chi connectivity index (χ3v) is 2.57. The van der Waals surface area contributed by atoms with E-state index in [1.165, 1.54) is 0 Å². The lowest BCUT2D eigenvalue weighted by molar-refractivity contribution is 0.415. The lowest BCUT2D eigenvalue weighted by atomic mass is 10.1. The lowest BCUT2D eigenvalue weighted by Crippen LogP contribution is -1.85. The van der Waals surface area contributed by atoms with Crippen molar-refractivity contribution in [1.29, 1.82) is 0 Å².